The van der Waals surface area contributed by atoms with Crippen molar-refractivity contribution in [1.82, 2.24) is 49.2 Å². The third-order valence-electron chi connectivity index (χ3n) is 11.9. The summed E-state index contributed by atoms with van der Waals surface area (Å²) in [5.41, 5.74) is 12.8. The summed E-state index contributed by atoms with van der Waals surface area (Å²) in [6.07, 6.45) is 6.04. The van der Waals surface area contributed by atoms with E-state index < -0.39 is 6.16 Å². The summed E-state index contributed by atoms with van der Waals surface area (Å²) in [7, 11) is 0. The predicted octanol–water partition coefficient (Wildman–Crippen LogP) is 9.03. The van der Waals surface area contributed by atoms with Crippen LogP contribution in [-0.4, -0.2) is 93.6 Å². The number of imidazole rings is 1. The fraction of sp³-hybridized carbons (Fsp3) is 0.275. The molecule has 0 radical (unpaired) electrons. The normalized spacial score (nSPS) is 14.1. The van der Waals surface area contributed by atoms with Gasteiger partial charge in [0, 0.05) is 48.6 Å². The van der Waals surface area contributed by atoms with Gasteiger partial charge in [-0.1, -0.05) is 62.0 Å². The molecular formula is C51H53N13O5. The topological polar surface area (TPSA) is 215 Å². The number of hydrogen-bond acceptors (Lipinski definition) is 15. The molecule has 3 aromatic carbocycles. The maximum absolute atomic E-state index is 13.7. The van der Waals surface area contributed by atoms with Gasteiger partial charge in [0.25, 0.3) is 5.91 Å². The van der Waals surface area contributed by atoms with Gasteiger partial charge in [0.05, 0.1) is 29.5 Å². The molecule has 8 aromatic rings. The van der Waals surface area contributed by atoms with Crippen LogP contribution >= 0.6 is 0 Å². The van der Waals surface area contributed by atoms with Gasteiger partial charge in [0.15, 0.2) is 22.6 Å². The van der Waals surface area contributed by atoms with Crippen molar-refractivity contribution in [3.8, 4) is 34.0 Å². The van der Waals surface area contributed by atoms with Gasteiger partial charge in [-0.2, -0.15) is 15.1 Å². The van der Waals surface area contributed by atoms with Gasteiger partial charge in [-0.15, -0.1) is 0 Å². The number of nitrogens with zero attached hydrogens (tertiary/aromatic N) is 10. The lowest BCUT2D eigenvalue weighted by atomic mass is 10.0. The summed E-state index contributed by atoms with van der Waals surface area (Å²) in [5, 5.41) is 12.4. The van der Waals surface area contributed by atoms with Crippen molar-refractivity contribution in [3.63, 3.8) is 0 Å². The second-order valence-corrected chi connectivity index (χ2v) is 17.0. The van der Waals surface area contributed by atoms with Crippen LogP contribution in [0.25, 0.3) is 44.7 Å². The Labute approximate surface area is 398 Å². The van der Waals surface area contributed by atoms with Crippen molar-refractivity contribution in [2.45, 2.75) is 64.7 Å². The highest BCUT2D eigenvalue weighted by molar-refractivity contribution is 5.98. The number of nitrogen functional groups attached to an aromatic ring is 1. The molecule has 4 N–H and O–H groups in total. The van der Waals surface area contributed by atoms with Crippen molar-refractivity contribution >= 4 is 51.8 Å². The molecule has 0 saturated carbocycles. The van der Waals surface area contributed by atoms with E-state index in [1.807, 2.05) is 101 Å². The molecule has 1 fully saturated rings. The molecule has 0 unspecified atom stereocenters. The quantitative estimate of drug-likeness (QED) is 0.0574. The summed E-state index contributed by atoms with van der Waals surface area (Å²) in [6.45, 7) is 11.0. The van der Waals surface area contributed by atoms with Crippen molar-refractivity contribution in [2.24, 2.45) is 0 Å². The van der Waals surface area contributed by atoms with Crippen molar-refractivity contribution in [3.05, 3.63) is 134 Å². The van der Waals surface area contributed by atoms with Gasteiger partial charge < -0.3 is 40.0 Å². The molecule has 1 amide bonds. The third kappa shape index (κ3) is 10.4. The summed E-state index contributed by atoms with van der Waals surface area (Å²) in [4.78, 5) is 55.9. The molecular weight excluding hydrogens is 875 g/mol. The highest BCUT2D eigenvalue weighted by Crippen LogP contribution is 2.35. The highest BCUT2D eigenvalue weighted by atomic mass is 16.7. The van der Waals surface area contributed by atoms with Gasteiger partial charge in [0.2, 0.25) is 5.95 Å². The molecule has 18 heteroatoms. The van der Waals surface area contributed by atoms with Gasteiger partial charge >= 0.3 is 6.16 Å². The summed E-state index contributed by atoms with van der Waals surface area (Å²) in [5.74, 6) is 2.28. The van der Waals surface area contributed by atoms with Crippen molar-refractivity contribution < 1.29 is 23.8 Å². The Hall–Kier alpha value is -8.41. The standard InChI is InChI=1S/C51H53N13O5/c1-5-37(58-50-59-46(44-48(60-50)63(31-57-44)32(2)3)54-26-34-16-18-35(19-17-34)41-15-9-10-24-53-41)29-68-51(66)67-28-33(4)49(65)62-25-11-12-38(27-62)64-47-42(45(52)55-30-56-47)43(61-64)36-20-22-40(23-21-36)69-39-13-7-6-8-14-39/h6-10,13-24,30-32,37-38H,4-5,11-12,25-29H2,1-3H3,(H2,52,55,56)(H2,54,58,59,60)/t37-,38-/m1/s1. The molecule has 69 heavy (non-hydrogen) atoms. The van der Waals surface area contributed by atoms with E-state index in [0.29, 0.717) is 83.7 Å². The molecule has 2 atom stereocenters. The minimum Gasteiger partial charge on any atom is -0.457 e. The lowest BCUT2D eigenvalue weighted by Gasteiger charge is -2.33. The first kappa shape index (κ1) is 45.7. The number of fused-ring (bicyclic) bond motifs is 2. The van der Waals surface area contributed by atoms with E-state index in [4.69, 9.17) is 35.0 Å². The van der Waals surface area contributed by atoms with E-state index in [1.165, 1.54) is 6.33 Å². The fourth-order valence-electron chi connectivity index (χ4n) is 8.18. The first-order valence-electron chi connectivity index (χ1n) is 23.0. The molecule has 18 nitrogen and oxygen atoms in total. The number of para-hydroxylation sites is 1. The van der Waals surface area contributed by atoms with E-state index >= 15 is 0 Å². The second-order valence-electron chi connectivity index (χ2n) is 17.0. The molecule has 1 aliphatic rings. The zero-order valence-electron chi connectivity index (χ0n) is 38.7. The number of piperidine rings is 1. The molecule has 0 bridgehead atoms. The molecule has 1 saturated heterocycles. The SMILES string of the molecule is C=C(COC(=O)OC[C@@H](CC)Nc1nc(NCc2ccc(-c3ccccn3)cc2)c2ncn(C(C)C)c2n1)C(=O)N1CCC[C@@H](n2nc(-c3ccc(Oc4ccccc4)cc3)c3c(N)ncnc32)C1. The Bertz CT molecular complexity index is 3070. The van der Waals surface area contributed by atoms with Gasteiger partial charge in [-0.25, -0.2) is 24.4 Å². The number of nitrogens with two attached hydrogens (primary N) is 1. The summed E-state index contributed by atoms with van der Waals surface area (Å²) < 4.78 is 20.7. The number of hydrogen-bond donors (Lipinski definition) is 3. The molecule has 6 heterocycles. The van der Waals surface area contributed by atoms with Crippen molar-refractivity contribution in [1.29, 1.82) is 0 Å². The number of carbonyl (C=O) groups is 2. The molecule has 352 valence electrons. The van der Waals surface area contributed by atoms with E-state index in [-0.39, 0.29) is 42.8 Å². The average Bonchev–Trinajstić information content (AvgIpc) is 4.00. The Balaban J connectivity index is 0.797. The Morgan fingerprint density at radius 2 is 1.64 bits per heavy atom. The Morgan fingerprint density at radius 3 is 2.39 bits per heavy atom. The second kappa shape index (κ2) is 20.6. The Morgan fingerprint density at radius 1 is 0.870 bits per heavy atom. The highest BCUT2D eigenvalue weighted by Gasteiger charge is 2.30. The van der Waals surface area contributed by atoms with E-state index in [0.717, 1.165) is 34.6 Å². The summed E-state index contributed by atoms with van der Waals surface area (Å²) in [6, 6.07) is 30.7. The average molecular weight is 928 g/mol. The summed E-state index contributed by atoms with van der Waals surface area (Å²) >= 11 is 0. The number of nitrogens with one attached hydrogen (secondary N) is 2. The molecule has 5 aromatic heterocycles. The van der Waals surface area contributed by atoms with Gasteiger partial charge in [-0.3, -0.25) is 9.78 Å². The number of anilines is 3. The zero-order chi connectivity index (χ0) is 47.9. The number of rotatable bonds is 17. The van der Waals surface area contributed by atoms with E-state index in [2.05, 4.69) is 63.1 Å². The number of likely N-dealkylation sites (tertiary alicyclic amines) is 1. The van der Waals surface area contributed by atoms with Crippen LogP contribution < -0.4 is 21.1 Å². The maximum atomic E-state index is 13.7. The number of benzene rings is 3. The van der Waals surface area contributed by atoms with Crippen LogP contribution in [0.4, 0.5) is 22.4 Å². The van der Waals surface area contributed by atoms with Gasteiger partial charge in [0.1, 0.15) is 42.6 Å². The monoisotopic (exact) mass is 927 g/mol. The molecule has 0 aliphatic carbocycles. The molecule has 1 aliphatic heterocycles. The zero-order valence-corrected chi connectivity index (χ0v) is 38.7. The molecule has 0 spiro atoms. The van der Waals surface area contributed by atoms with Crippen LogP contribution in [0, 0.1) is 0 Å². The smallest absolute Gasteiger partial charge is 0.457 e. The number of aromatic nitrogens is 9. The maximum Gasteiger partial charge on any atom is 0.508 e. The third-order valence-corrected chi connectivity index (χ3v) is 11.9. The lowest BCUT2D eigenvalue weighted by Crippen LogP contribution is -2.42. The number of pyridine rings is 1. The van der Waals surface area contributed by atoms with E-state index in [1.54, 1.807) is 17.4 Å². The largest absolute Gasteiger partial charge is 0.508 e. The molecule has 9 rings (SSSR count). The number of ether oxygens (including phenoxy) is 3. The fourth-order valence-corrected chi connectivity index (χ4v) is 8.18. The minimum atomic E-state index is -0.932. The van der Waals surface area contributed by atoms with Crippen LogP contribution in [0.5, 0.6) is 11.5 Å². The predicted molar refractivity (Wildman–Crippen MR) is 263 cm³/mol. The number of carbonyl (C=O) groups excluding carboxylic acids is 2. The van der Waals surface area contributed by atoms with Crippen LogP contribution in [0.15, 0.2) is 128 Å². The van der Waals surface area contributed by atoms with Crippen LogP contribution in [0.3, 0.4) is 0 Å². The first-order valence-corrected chi connectivity index (χ1v) is 23.0. The minimum absolute atomic E-state index is 0.0424. The first-order chi connectivity index (χ1) is 33.6. The number of amides is 1. The Kier molecular flexibility index (Phi) is 13.7. The van der Waals surface area contributed by atoms with E-state index in [9.17, 15) is 9.59 Å². The lowest BCUT2D eigenvalue weighted by molar-refractivity contribution is -0.129. The van der Waals surface area contributed by atoms with Gasteiger partial charge in [-0.05, 0) is 87.2 Å². The van der Waals surface area contributed by atoms with Crippen molar-refractivity contribution in [2.75, 3.05) is 42.7 Å². The van der Waals surface area contributed by atoms with Crippen LogP contribution in [-0.2, 0) is 20.8 Å². The van der Waals surface area contributed by atoms with Crippen LogP contribution in [0.1, 0.15) is 57.7 Å². The van der Waals surface area contributed by atoms with Crippen LogP contribution in [0.2, 0.25) is 0 Å².